The van der Waals surface area contributed by atoms with E-state index in [1.54, 1.807) is 7.11 Å². The zero-order chi connectivity index (χ0) is 18.1. The quantitative estimate of drug-likeness (QED) is 0.354. The third kappa shape index (κ3) is 6.83. The van der Waals surface area contributed by atoms with E-state index >= 15 is 0 Å². The molecule has 148 valence electrons. The lowest BCUT2D eigenvalue weighted by Crippen LogP contribution is -2.41. The average Bonchev–Trinajstić information content (AvgIpc) is 3.12. The highest BCUT2D eigenvalue weighted by molar-refractivity contribution is 14.0. The van der Waals surface area contributed by atoms with E-state index in [0.717, 1.165) is 55.7 Å². The fraction of sp³-hybridized carbons (Fsp3) is 0.632. The Kier molecular flexibility index (Phi) is 10.7. The van der Waals surface area contributed by atoms with Crippen molar-refractivity contribution >= 4 is 29.9 Å². The Balaban J connectivity index is 0.00000338. The average molecular weight is 477 g/mol. The van der Waals surface area contributed by atoms with Gasteiger partial charge in [0.25, 0.3) is 0 Å². The van der Waals surface area contributed by atoms with Crippen molar-refractivity contribution in [2.24, 2.45) is 10.9 Å². The van der Waals surface area contributed by atoms with Crippen molar-refractivity contribution in [1.82, 2.24) is 10.2 Å². The van der Waals surface area contributed by atoms with E-state index in [1.165, 1.54) is 0 Å². The number of nitrogens with zero attached hydrogens (tertiary/aromatic N) is 2. The molecule has 0 bridgehead atoms. The molecule has 1 atom stereocenters. The predicted octanol–water partition coefficient (Wildman–Crippen LogP) is 3.15. The van der Waals surface area contributed by atoms with Crippen LogP contribution in [-0.2, 0) is 11.3 Å². The predicted molar refractivity (Wildman–Crippen MR) is 116 cm³/mol. The summed E-state index contributed by atoms with van der Waals surface area (Å²) in [4.78, 5) is 6.96. The smallest absolute Gasteiger partial charge is 0.193 e. The standard InChI is InChI=1S/C19H31N3O3.HI/c1-5-20-19(22(3)13-16-9-10-24-14-16)21-12-15-7-8-17(25-6-2)18(11-15)23-4;/h7-8,11,16H,5-6,9-10,12-14H2,1-4H3,(H,20,21);1H. The van der Waals surface area contributed by atoms with Crippen molar-refractivity contribution in [3.63, 3.8) is 0 Å². The Bertz CT molecular complexity index is 563. The number of nitrogens with one attached hydrogen (secondary N) is 1. The first-order valence-corrected chi connectivity index (χ1v) is 9.04. The van der Waals surface area contributed by atoms with E-state index in [2.05, 4.69) is 24.2 Å². The van der Waals surface area contributed by atoms with Gasteiger partial charge in [0.2, 0.25) is 0 Å². The number of rotatable bonds is 8. The summed E-state index contributed by atoms with van der Waals surface area (Å²) in [5, 5.41) is 3.37. The number of benzene rings is 1. The van der Waals surface area contributed by atoms with Crippen LogP contribution < -0.4 is 14.8 Å². The van der Waals surface area contributed by atoms with Crippen LogP contribution in [0.25, 0.3) is 0 Å². The van der Waals surface area contributed by atoms with Gasteiger partial charge >= 0.3 is 0 Å². The monoisotopic (exact) mass is 477 g/mol. The maximum atomic E-state index is 5.57. The van der Waals surface area contributed by atoms with Crippen LogP contribution in [-0.4, -0.2) is 57.9 Å². The summed E-state index contributed by atoms with van der Waals surface area (Å²) in [5.74, 6) is 3.01. The molecule has 7 heteroatoms. The largest absolute Gasteiger partial charge is 0.493 e. The van der Waals surface area contributed by atoms with Crippen LogP contribution in [0.15, 0.2) is 23.2 Å². The molecule has 0 amide bonds. The van der Waals surface area contributed by atoms with Gasteiger partial charge in [0.1, 0.15) is 0 Å². The highest BCUT2D eigenvalue weighted by Gasteiger charge is 2.19. The second-order valence-corrected chi connectivity index (χ2v) is 6.20. The molecule has 1 aromatic rings. The molecule has 0 spiro atoms. The number of hydrogen-bond acceptors (Lipinski definition) is 4. The number of ether oxygens (including phenoxy) is 3. The van der Waals surface area contributed by atoms with E-state index in [-0.39, 0.29) is 24.0 Å². The van der Waals surface area contributed by atoms with Crippen molar-refractivity contribution in [1.29, 1.82) is 0 Å². The van der Waals surface area contributed by atoms with Gasteiger partial charge in [-0.05, 0) is 38.0 Å². The van der Waals surface area contributed by atoms with Crippen molar-refractivity contribution < 1.29 is 14.2 Å². The topological polar surface area (TPSA) is 55.3 Å². The van der Waals surface area contributed by atoms with Crippen LogP contribution >= 0.6 is 24.0 Å². The lowest BCUT2D eigenvalue weighted by atomic mass is 10.1. The lowest BCUT2D eigenvalue weighted by molar-refractivity contribution is 0.181. The Morgan fingerprint density at radius 2 is 2.15 bits per heavy atom. The van der Waals surface area contributed by atoms with Crippen molar-refractivity contribution in [3.8, 4) is 11.5 Å². The molecule has 0 aromatic heterocycles. The van der Waals surface area contributed by atoms with Gasteiger partial charge in [-0.25, -0.2) is 4.99 Å². The fourth-order valence-corrected chi connectivity index (χ4v) is 2.92. The number of halogens is 1. The number of aliphatic imine (C=N–C) groups is 1. The van der Waals surface area contributed by atoms with Crippen LogP contribution in [0, 0.1) is 5.92 Å². The minimum absolute atomic E-state index is 0. The fourth-order valence-electron chi connectivity index (χ4n) is 2.92. The summed E-state index contributed by atoms with van der Waals surface area (Å²) in [6.07, 6.45) is 1.12. The second kappa shape index (κ2) is 12.2. The van der Waals surface area contributed by atoms with Crippen LogP contribution in [0.5, 0.6) is 11.5 Å². The van der Waals surface area contributed by atoms with Crippen molar-refractivity contribution in [2.45, 2.75) is 26.8 Å². The molecule has 0 aliphatic carbocycles. The Labute approximate surface area is 174 Å². The van der Waals surface area contributed by atoms with E-state index in [4.69, 9.17) is 19.2 Å². The minimum atomic E-state index is 0. The van der Waals surface area contributed by atoms with Gasteiger partial charge in [0, 0.05) is 32.7 Å². The molecular formula is C19H32IN3O3. The zero-order valence-electron chi connectivity index (χ0n) is 16.3. The maximum Gasteiger partial charge on any atom is 0.193 e. The minimum Gasteiger partial charge on any atom is -0.493 e. The Hall–Kier alpha value is -1.22. The van der Waals surface area contributed by atoms with E-state index in [0.29, 0.717) is 19.1 Å². The molecule has 1 aliphatic heterocycles. The summed E-state index contributed by atoms with van der Waals surface area (Å²) in [5.41, 5.74) is 1.09. The molecule has 1 unspecified atom stereocenters. The zero-order valence-corrected chi connectivity index (χ0v) is 18.6. The third-order valence-corrected chi connectivity index (χ3v) is 4.19. The number of methoxy groups -OCH3 is 1. The van der Waals surface area contributed by atoms with E-state index in [9.17, 15) is 0 Å². The van der Waals surface area contributed by atoms with Gasteiger partial charge in [-0.2, -0.15) is 0 Å². The van der Waals surface area contributed by atoms with Crippen LogP contribution in [0.3, 0.4) is 0 Å². The summed E-state index contributed by atoms with van der Waals surface area (Å²) in [6, 6.07) is 5.97. The molecule has 6 nitrogen and oxygen atoms in total. The van der Waals surface area contributed by atoms with Crippen molar-refractivity contribution in [2.75, 3.05) is 47.1 Å². The summed E-state index contributed by atoms with van der Waals surface area (Å²) in [6.45, 7) is 8.78. The van der Waals surface area contributed by atoms with Gasteiger partial charge in [0.15, 0.2) is 17.5 Å². The van der Waals surface area contributed by atoms with Crippen LogP contribution in [0.1, 0.15) is 25.8 Å². The molecule has 1 fully saturated rings. The van der Waals surface area contributed by atoms with E-state index < -0.39 is 0 Å². The highest BCUT2D eigenvalue weighted by atomic mass is 127. The molecule has 1 heterocycles. The molecular weight excluding hydrogens is 445 g/mol. The molecule has 1 N–H and O–H groups in total. The summed E-state index contributed by atoms with van der Waals surface area (Å²) in [7, 11) is 3.74. The molecule has 0 saturated carbocycles. The third-order valence-electron chi connectivity index (χ3n) is 4.19. The summed E-state index contributed by atoms with van der Waals surface area (Å²) >= 11 is 0. The molecule has 1 aliphatic rings. The molecule has 1 aromatic carbocycles. The van der Waals surface area contributed by atoms with Crippen LogP contribution in [0.2, 0.25) is 0 Å². The Morgan fingerprint density at radius 3 is 2.77 bits per heavy atom. The SMILES string of the molecule is CCNC(=NCc1ccc(OCC)c(OC)c1)N(C)CC1CCOC1.I. The molecule has 26 heavy (non-hydrogen) atoms. The first kappa shape index (κ1) is 22.8. The van der Waals surface area contributed by atoms with Gasteiger partial charge in [-0.3, -0.25) is 0 Å². The Morgan fingerprint density at radius 1 is 1.35 bits per heavy atom. The molecule has 1 saturated heterocycles. The van der Waals surface area contributed by atoms with Gasteiger partial charge < -0.3 is 24.4 Å². The lowest BCUT2D eigenvalue weighted by Gasteiger charge is -2.24. The van der Waals surface area contributed by atoms with Crippen LogP contribution in [0.4, 0.5) is 0 Å². The normalized spacial score (nSPS) is 16.8. The van der Waals surface area contributed by atoms with Gasteiger partial charge in [0.05, 0.1) is 26.9 Å². The van der Waals surface area contributed by atoms with Gasteiger partial charge in [-0.15, -0.1) is 24.0 Å². The second-order valence-electron chi connectivity index (χ2n) is 6.20. The van der Waals surface area contributed by atoms with Gasteiger partial charge in [-0.1, -0.05) is 6.07 Å². The maximum absolute atomic E-state index is 5.57. The first-order valence-electron chi connectivity index (χ1n) is 9.04. The number of hydrogen-bond donors (Lipinski definition) is 1. The first-order chi connectivity index (χ1) is 12.2. The van der Waals surface area contributed by atoms with Crippen molar-refractivity contribution in [3.05, 3.63) is 23.8 Å². The van der Waals surface area contributed by atoms with E-state index in [1.807, 2.05) is 25.1 Å². The molecule has 0 radical (unpaired) electrons. The molecule has 2 rings (SSSR count). The summed E-state index contributed by atoms with van der Waals surface area (Å²) < 4.78 is 16.5. The number of guanidine groups is 1. The highest BCUT2D eigenvalue weighted by Crippen LogP contribution is 2.28.